The second-order valence-corrected chi connectivity index (χ2v) is 4.99. The van der Waals surface area contributed by atoms with Crippen LogP contribution in [0.25, 0.3) is 0 Å². The lowest BCUT2D eigenvalue weighted by Crippen LogP contribution is -2.41. The van der Waals surface area contributed by atoms with Gasteiger partial charge in [-0.3, -0.25) is 0 Å². The number of ether oxygens (including phenoxy) is 1. The Morgan fingerprint density at radius 3 is 2.47 bits per heavy atom. The average molecular weight is 240 g/mol. The van der Waals surface area contributed by atoms with Crippen LogP contribution in [0.2, 0.25) is 0 Å². The molecule has 2 unspecified atom stereocenters. The molecule has 3 heteroatoms. The summed E-state index contributed by atoms with van der Waals surface area (Å²) in [5.41, 5.74) is -0.471. The lowest BCUT2D eigenvalue weighted by molar-refractivity contribution is 0.0459. The highest BCUT2D eigenvalue weighted by molar-refractivity contribution is 5.03. The highest BCUT2D eigenvalue weighted by Gasteiger charge is 2.24. The maximum atomic E-state index is 9.03. The molecule has 0 aliphatic carbocycles. The first-order chi connectivity index (χ1) is 8.08. The molecule has 0 rings (SSSR count). The van der Waals surface area contributed by atoms with Gasteiger partial charge in [-0.1, -0.05) is 32.6 Å². The van der Waals surface area contributed by atoms with Crippen LogP contribution in [0, 0.1) is 11.3 Å². The van der Waals surface area contributed by atoms with Crippen LogP contribution in [0.3, 0.4) is 0 Å². The fourth-order valence-electron chi connectivity index (χ4n) is 1.83. The molecule has 0 saturated carbocycles. The van der Waals surface area contributed by atoms with Gasteiger partial charge in [-0.25, -0.2) is 0 Å². The molecule has 3 nitrogen and oxygen atoms in total. The molecule has 0 spiro atoms. The molecule has 0 saturated heterocycles. The summed E-state index contributed by atoms with van der Waals surface area (Å²) >= 11 is 0. The Kier molecular flexibility index (Phi) is 9.11. The number of hydrogen-bond acceptors (Lipinski definition) is 3. The second kappa shape index (κ2) is 9.44. The Balaban J connectivity index is 3.59. The zero-order chi connectivity index (χ0) is 13.1. The van der Waals surface area contributed by atoms with Crippen LogP contribution in [0.5, 0.6) is 0 Å². The largest absolute Gasteiger partial charge is 0.378 e. The van der Waals surface area contributed by atoms with Gasteiger partial charge in [-0.15, -0.1) is 0 Å². The van der Waals surface area contributed by atoms with E-state index in [0.29, 0.717) is 0 Å². The smallest absolute Gasteiger partial charge is 0.106 e. The standard InChI is InChI=1S/C14H28N2O/c1-5-6-7-8-9-10-17-13(2)11-14(3,12-15)16-4/h13,16H,5-11H2,1-4H3. The molecule has 0 aromatic carbocycles. The van der Waals surface area contributed by atoms with Gasteiger partial charge in [0.15, 0.2) is 0 Å². The van der Waals surface area contributed by atoms with Crippen LogP contribution in [-0.2, 0) is 4.74 Å². The van der Waals surface area contributed by atoms with Crippen LogP contribution < -0.4 is 5.32 Å². The lowest BCUT2D eigenvalue weighted by Gasteiger charge is -2.24. The van der Waals surface area contributed by atoms with E-state index in [1.807, 2.05) is 20.9 Å². The molecule has 0 aromatic heterocycles. The van der Waals surface area contributed by atoms with Crippen LogP contribution in [0.15, 0.2) is 0 Å². The van der Waals surface area contributed by atoms with Crippen LogP contribution in [-0.4, -0.2) is 25.3 Å². The van der Waals surface area contributed by atoms with Crippen molar-refractivity contribution in [3.8, 4) is 6.07 Å². The van der Waals surface area contributed by atoms with Gasteiger partial charge in [-0.2, -0.15) is 5.26 Å². The van der Waals surface area contributed by atoms with Gasteiger partial charge in [0.05, 0.1) is 12.2 Å². The third-order valence-electron chi connectivity index (χ3n) is 3.14. The summed E-state index contributed by atoms with van der Waals surface area (Å²) in [6, 6.07) is 2.29. The van der Waals surface area contributed by atoms with Crippen LogP contribution >= 0.6 is 0 Å². The number of unbranched alkanes of at least 4 members (excludes halogenated alkanes) is 4. The number of nitrogens with one attached hydrogen (secondary N) is 1. The fourth-order valence-corrected chi connectivity index (χ4v) is 1.83. The summed E-state index contributed by atoms with van der Waals surface area (Å²) in [6.07, 6.45) is 7.16. The molecule has 0 amide bonds. The SMILES string of the molecule is CCCCCCCOC(C)CC(C)(C#N)NC. The minimum absolute atomic E-state index is 0.137. The molecule has 2 atom stereocenters. The molecule has 1 N–H and O–H groups in total. The van der Waals surface area contributed by atoms with E-state index < -0.39 is 5.54 Å². The van der Waals surface area contributed by atoms with E-state index in [1.165, 1.54) is 25.7 Å². The van der Waals surface area contributed by atoms with E-state index in [0.717, 1.165) is 19.4 Å². The van der Waals surface area contributed by atoms with Crippen molar-refractivity contribution in [1.82, 2.24) is 5.32 Å². The molecule has 0 bridgehead atoms. The summed E-state index contributed by atoms with van der Waals surface area (Å²) in [4.78, 5) is 0. The zero-order valence-electron chi connectivity index (χ0n) is 11.9. The molecule has 0 fully saturated rings. The van der Waals surface area contributed by atoms with Crippen molar-refractivity contribution >= 4 is 0 Å². The van der Waals surface area contributed by atoms with E-state index >= 15 is 0 Å². The predicted molar refractivity (Wildman–Crippen MR) is 71.9 cm³/mol. The Hall–Kier alpha value is -0.590. The molecular weight excluding hydrogens is 212 g/mol. The Morgan fingerprint density at radius 2 is 1.94 bits per heavy atom. The minimum Gasteiger partial charge on any atom is -0.378 e. The first kappa shape index (κ1) is 16.4. The van der Waals surface area contributed by atoms with E-state index in [1.54, 1.807) is 0 Å². The lowest BCUT2D eigenvalue weighted by atomic mass is 9.97. The molecule has 100 valence electrons. The van der Waals surface area contributed by atoms with Crippen molar-refractivity contribution in [3.63, 3.8) is 0 Å². The number of hydrogen-bond donors (Lipinski definition) is 1. The first-order valence-electron chi connectivity index (χ1n) is 6.79. The zero-order valence-corrected chi connectivity index (χ0v) is 11.9. The molecule has 0 heterocycles. The molecule has 0 aliphatic heterocycles. The topological polar surface area (TPSA) is 45.0 Å². The van der Waals surface area contributed by atoms with Crippen molar-refractivity contribution in [3.05, 3.63) is 0 Å². The van der Waals surface area contributed by atoms with Gasteiger partial charge >= 0.3 is 0 Å². The van der Waals surface area contributed by atoms with Gasteiger partial charge in [0.25, 0.3) is 0 Å². The van der Waals surface area contributed by atoms with E-state index in [2.05, 4.69) is 18.3 Å². The number of nitriles is 1. The fraction of sp³-hybridized carbons (Fsp3) is 0.929. The highest BCUT2D eigenvalue weighted by atomic mass is 16.5. The van der Waals surface area contributed by atoms with E-state index in [4.69, 9.17) is 10.00 Å². The maximum absolute atomic E-state index is 9.03. The van der Waals surface area contributed by atoms with Gasteiger partial charge < -0.3 is 10.1 Å². The quantitative estimate of drug-likeness (QED) is 0.596. The monoisotopic (exact) mass is 240 g/mol. The van der Waals surface area contributed by atoms with E-state index in [-0.39, 0.29) is 6.10 Å². The molecule has 0 radical (unpaired) electrons. The maximum Gasteiger partial charge on any atom is 0.106 e. The third kappa shape index (κ3) is 8.18. The number of rotatable bonds is 10. The molecular formula is C14H28N2O. The Bertz CT molecular complexity index is 225. The third-order valence-corrected chi connectivity index (χ3v) is 3.14. The second-order valence-electron chi connectivity index (χ2n) is 4.99. The van der Waals surface area contributed by atoms with Gasteiger partial charge in [0, 0.05) is 13.0 Å². The summed E-state index contributed by atoms with van der Waals surface area (Å²) < 4.78 is 5.73. The molecule has 17 heavy (non-hydrogen) atoms. The van der Waals surface area contributed by atoms with Crippen molar-refractivity contribution in [2.45, 2.75) is 70.9 Å². The predicted octanol–water partition coefficient (Wildman–Crippen LogP) is 3.25. The highest BCUT2D eigenvalue weighted by Crippen LogP contribution is 2.13. The van der Waals surface area contributed by atoms with Gasteiger partial charge in [0.1, 0.15) is 5.54 Å². The minimum atomic E-state index is -0.471. The molecule has 0 aromatic rings. The van der Waals surface area contributed by atoms with Gasteiger partial charge in [0.2, 0.25) is 0 Å². The van der Waals surface area contributed by atoms with Crippen molar-refractivity contribution in [2.24, 2.45) is 0 Å². The van der Waals surface area contributed by atoms with Crippen LogP contribution in [0.4, 0.5) is 0 Å². The van der Waals surface area contributed by atoms with Crippen molar-refractivity contribution < 1.29 is 4.74 Å². The summed E-state index contributed by atoms with van der Waals surface area (Å²) in [5, 5.41) is 12.1. The summed E-state index contributed by atoms with van der Waals surface area (Å²) in [7, 11) is 1.82. The normalized spacial score (nSPS) is 16.2. The Labute approximate surface area is 107 Å². The average Bonchev–Trinajstić information content (AvgIpc) is 2.33. The van der Waals surface area contributed by atoms with Crippen LogP contribution in [0.1, 0.15) is 59.3 Å². The van der Waals surface area contributed by atoms with Gasteiger partial charge in [-0.05, 0) is 27.3 Å². The van der Waals surface area contributed by atoms with E-state index in [9.17, 15) is 0 Å². The first-order valence-corrected chi connectivity index (χ1v) is 6.79. The Morgan fingerprint density at radius 1 is 1.29 bits per heavy atom. The summed E-state index contributed by atoms with van der Waals surface area (Å²) in [6.45, 7) is 6.99. The van der Waals surface area contributed by atoms with Crippen molar-refractivity contribution in [2.75, 3.05) is 13.7 Å². The summed E-state index contributed by atoms with van der Waals surface area (Å²) in [5.74, 6) is 0. The number of nitrogens with zero attached hydrogens (tertiary/aromatic N) is 1. The van der Waals surface area contributed by atoms with Crippen molar-refractivity contribution in [1.29, 1.82) is 5.26 Å². The molecule has 0 aliphatic rings.